The molecule has 0 amide bonds. The molecule has 21 heavy (non-hydrogen) atoms. The van der Waals surface area contributed by atoms with Crippen LogP contribution in [0.5, 0.6) is 0 Å². The Morgan fingerprint density at radius 3 is 2.95 bits per heavy atom. The van der Waals surface area contributed by atoms with E-state index in [1.54, 1.807) is 0 Å². The highest BCUT2D eigenvalue weighted by molar-refractivity contribution is 5.47. The van der Waals surface area contributed by atoms with Gasteiger partial charge in [0.05, 0.1) is 6.20 Å². The monoisotopic (exact) mass is 288 g/mol. The lowest BCUT2D eigenvalue weighted by molar-refractivity contribution is 0.473. The minimum absolute atomic E-state index is 0.176. The molecule has 1 aliphatic heterocycles. The van der Waals surface area contributed by atoms with Crippen LogP contribution in [-0.2, 0) is 0 Å². The van der Waals surface area contributed by atoms with Gasteiger partial charge in [-0.25, -0.2) is 4.39 Å². The molecular formula is C16H21FN4. The normalized spacial score (nSPS) is 19.9. The number of aromatic amines is 1. The topological polar surface area (TPSA) is 44.0 Å². The second-order valence-electron chi connectivity index (χ2n) is 5.74. The molecule has 5 heteroatoms. The summed E-state index contributed by atoms with van der Waals surface area (Å²) in [6, 6.07) is 7.09. The molecular weight excluding hydrogens is 267 g/mol. The number of rotatable bonds is 5. The van der Waals surface area contributed by atoms with Crippen molar-refractivity contribution in [1.82, 2.24) is 15.5 Å². The van der Waals surface area contributed by atoms with Crippen molar-refractivity contribution >= 4 is 5.69 Å². The van der Waals surface area contributed by atoms with E-state index >= 15 is 0 Å². The van der Waals surface area contributed by atoms with Crippen LogP contribution in [0.3, 0.4) is 0 Å². The lowest BCUT2D eigenvalue weighted by Crippen LogP contribution is -2.28. The molecule has 0 bridgehead atoms. The van der Waals surface area contributed by atoms with E-state index < -0.39 is 0 Å². The molecule has 4 nitrogen and oxygen atoms in total. The molecule has 0 radical (unpaired) electrons. The van der Waals surface area contributed by atoms with Crippen LogP contribution in [-0.4, -0.2) is 29.8 Å². The third-order valence-corrected chi connectivity index (χ3v) is 4.21. The van der Waals surface area contributed by atoms with Crippen molar-refractivity contribution in [3.05, 3.63) is 48.0 Å². The second-order valence-corrected chi connectivity index (χ2v) is 5.74. The first-order chi connectivity index (χ1) is 10.2. The molecule has 1 aromatic heterocycles. The first-order valence-electron chi connectivity index (χ1n) is 7.45. The molecule has 1 saturated heterocycles. The van der Waals surface area contributed by atoms with Gasteiger partial charge in [-0.15, -0.1) is 0 Å². The number of anilines is 1. The SMILES string of the molecule is C[C@H](NC[C@@H]1CCN(c2ccc(F)cc2)C1)c1cn[nH]c1. The smallest absolute Gasteiger partial charge is 0.123 e. The van der Waals surface area contributed by atoms with Gasteiger partial charge in [-0.1, -0.05) is 0 Å². The zero-order chi connectivity index (χ0) is 14.7. The summed E-state index contributed by atoms with van der Waals surface area (Å²) in [5.41, 5.74) is 2.30. The lowest BCUT2D eigenvalue weighted by Gasteiger charge is -2.20. The minimum Gasteiger partial charge on any atom is -0.371 e. The Labute approximate surface area is 124 Å². The molecule has 0 unspecified atom stereocenters. The van der Waals surface area contributed by atoms with Crippen LogP contribution in [0, 0.1) is 11.7 Å². The molecule has 2 N–H and O–H groups in total. The fourth-order valence-corrected chi connectivity index (χ4v) is 2.84. The minimum atomic E-state index is -0.176. The number of hydrogen-bond donors (Lipinski definition) is 2. The van der Waals surface area contributed by atoms with Crippen molar-refractivity contribution < 1.29 is 4.39 Å². The summed E-state index contributed by atoms with van der Waals surface area (Å²) < 4.78 is 13.0. The maximum atomic E-state index is 13.0. The van der Waals surface area contributed by atoms with E-state index in [4.69, 9.17) is 0 Å². The van der Waals surface area contributed by atoms with Crippen molar-refractivity contribution in [2.45, 2.75) is 19.4 Å². The summed E-state index contributed by atoms with van der Waals surface area (Å²) in [6.07, 6.45) is 4.96. The number of H-pyrrole nitrogens is 1. The Hall–Kier alpha value is -1.88. The number of halogens is 1. The summed E-state index contributed by atoms with van der Waals surface area (Å²) in [5.74, 6) is 0.453. The molecule has 1 aliphatic rings. The molecule has 2 atom stereocenters. The predicted octanol–water partition coefficient (Wildman–Crippen LogP) is 2.73. The van der Waals surface area contributed by atoms with Gasteiger partial charge in [0.1, 0.15) is 5.82 Å². The van der Waals surface area contributed by atoms with Crippen LogP contribution in [0.4, 0.5) is 10.1 Å². The van der Waals surface area contributed by atoms with E-state index in [1.807, 2.05) is 24.5 Å². The predicted molar refractivity (Wildman–Crippen MR) is 81.7 cm³/mol. The van der Waals surface area contributed by atoms with E-state index in [0.29, 0.717) is 12.0 Å². The maximum Gasteiger partial charge on any atom is 0.123 e. The van der Waals surface area contributed by atoms with Crippen LogP contribution >= 0.6 is 0 Å². The van der Waals surface area contributed by atoms with Crippen LogP contribution in [0.15, 0.2) is 36.7 Å². The fraction of sp³-hybridized carbons (Fsp3) is 0.438. The quantitative estimate of drug-likeness (QED) is 0.889. The summed E-state index contributed by atoms with van der Waals surface area (Å²) >= 11 is 0. The molecule has 3 rings (SSSR count). The Kier molecular flexibility index (Phi) is 4.20. The van der Waals surface area contributed by atoms with Gasteiger partial charge in [0, 0.05) is 43.1 Å². The van der Waals surface area contributed by atoms with Gasteiger partial charge in [0.2, 0.25) is 0 Å². The molecule has 1 fully saturated rings. The van der Waals surface area contributed by atoms with E-state index in [9.17, 15) is 4.39 Å². The highest BCUT2D eigenvalue weighted by Gasteiger charge is 2.23. The van der Waals surface area contributed by atoms with Crippen molar-refractivity contribution in [1.29, 1.82) is 0 Å². The Morgan fingerprint density at radius 1 is 1.43 bits per heavy atom. The van der Waals surface area contributed by atoms with Gasteiger partial charge in [-0.2, -0.15) is 5.10 Å². The van der Waals surface area contributed by atoms with Crippen molar-refractivity contribution in [2.75, 3.05) is 24.5 Å². The van der Waals surface area contributed by atoms with Gasteiger partial charge >= 0.3 is 0 Å². The molecule has 2 aromatic rings. The number of nitrogens with one attached hydrogen (secondary N) is 2. The zero-order valence-electron chi connectivity index (χ0n) is 12.2. The van der Waals surface area contributed by atoms with Crippen molar-refractivity contribution in [3.63, 3.8) is 0 Å². The first-order valence-corrected chi connectivity index (χ1v) is 7.45. The maximum absolute atomic E-state index is 13.0. The molecule has 112 valence electrons. The first kappa shape index (κ1) is 14.1. The van der Waals surface area contributed by atoms with Crippen LogP contribution in [0.1, 0.15) is 24.9 Å². The van der Waals surface area contributed by atoms with Gasteiger partial charge in [-0.05, 0) is 43.5 Å². The Morgan fingerprint density at radius 2 is 2.24 bits per heavy atom. The molecule has 0 aliphatic carbocycles. The van der Waals surface area contributed by atoms with E-state index in [-0.39, 0.29) is 5.82 Å². The third kappa shape index (κ3) is 3.42. The van der Waals surface area contributed by atoms with E-state index in [1.165, 1.54) is 24.1 Å². The highest BCUT2D eigenvalue weighted by atomic mass is 19.1. The standard InChI is InChI=1S/C16H21FN4/c1-12(14-9-19-20-10-14)18-8-13-6-7-21(11-13)16-4-2-15(17)3-5-16/h2-5,9-10,12-13,18H,6-8,11H2,1H3,(H,19,20)/t12-,13-/m0/s1. The van der Waals surface area contributed by atoms with Crippen molar-refractivity contribution in [2.24, 2.45) is 5.92 Å². The number of hydrogen-bond acceptors (Lipinski definition) is 3. The second kappa shape index (κ2) is 6.26. The average molecular weight is 288 g/mol. The van der Waals surface area contributed by atoms with Gasteiger partial charge in [0.25, 0.3) is 0 Å². The third-order valence-electron chi connectivity index (χ3n) is 4.21. The highest BCUT2D eigenvalue weighted by Crippen LogP contribution is 2.24. The number of aromatic nitrogens is 2. The van der Waals surface area contributed by atoms with Crippen LogP contribution < -0.4 is 10.2 Å². The number of nitrogens with zero attached hydrogens (tertiary/aromatic N) is 2. The summed E-state index contributed by atoms with van der Waals surface area (Å²) in [4.78, 5) is 2.33. The largest absolute Gasteiger partial charge is 0.371 e. The summed E-state index contributed by atoms with van der Waals surface area (Å²) in [5, 5.41) is 10.4. The zero-order valence-corrected chi connectivity index (χ0v) is 12.2. The van der Waals surface area contributed by atoms with Crippen LogP contribution in [0.2, 0.25) is 0 Å². The molecule has 0 saturated carbocycles. The molecule has 2 heterocycles. The van der Waals surface area contributed by atoms with E-state index in [0.717, 1.165) is 25.3 Å². The lowest BCUT2D eigenvalue weighted by atomic mass is 10.1. The Balaban J connectivity index is 1.49. The molecule has 1 aromatic carbocycles. The van der Waals surface area contributed by atoms with E-state index in [2.05, 4.69) is 27.3 Å². The van der Waals surface area contributed by atoms with Gasteiger partial charge in [-0.3, -0.25) is 5.10 Å². The number of benzene rings is 1. The summed E-state index contributed by atoms with van der Waals surface area (Å²) in [7, 11) is 0. The fourth-order valence-electron chi connectivity index (χ4n) is 2.84. The Bertz CT molecular complexity index is 552. The van der Waals surface area contributed by atoms with Gasteiger partial charge in [0.15, 0.2) is 0 Å². The van der Waals surface area contributed by atoms with Crippen molar-refractivity contribution in [3.8, 4) is 0 Å². The molecule has 0 spiro atoms. The average Bonchev–Trinajstić information content (AvgIpc) is 3.17. The summed E-state index contributed by atoms with van der Waals surface area (Å²) in [6.45, 7) is 5.20. The van der Waals surface area contributed by atoms with Crippen LogP contribution in [0.25, 0.3) is 0 Å². The van der Waals surface area contributed by atoms with Gasteiger partial charge < -0.3 is 10.2 Å².